The molecular formula is C20H31IN6S. The molecule has 0 radical (unpaired) electrons. The predicted octanol–water partition coefficient (Wildman–Crippen LogP) is 3.33. The lowest BCUT2D eigenvalue weighted by Gasteiger charge is -2.28. The average molecular weight is 514 g/mol. The Morgan fingerprint density at radius 2 is 1.93 bits per heavy atom. The Morgan fingerprint density at radius 3 is 2.54 bits per heavy atom. The van der Waals surface area contributed by atoms with Gasteiger partial charge in [0.25, 0.3) is 0 Å². The third-order valence-corrected chi connectivity index (χ3v) is 5.87. The second kappa shape index (κ2) is 11.6. The van der Waals surface area contributed by atoms with E-state index in [9.17, 15) is 0 Å². The van der Waals surface area contributed by atoms with Gasteiger partial charge in [0.1, 0.15) is 0 Å². The first-order valence-corrected chi connectivity index (χ1v) is 10.4. The summed E-state index contributed by atoms with van der Waals surface area (Å²) in [5.41, 5.74) is 2.39. The highest BCUT2D eigenvalue weighted by atomic mass is 127. The van der Waals surface area contributed by atoms with E-state index in [1.165, 1.54) is 31.5 Å². The van der Waals surface area contributed by atoms with Crippen molar-refractivity contribution < 1.29 is 0 Å². The van der Waals surface area contributed by atoms with Crippen molar-refractivity contribution in [2.45, 2.75) is 25.4 Å². The third kappa shape index (κ3) is 6.31. The molecule has 0 bridgehead atoms. The van der Waals surface area contributed by atoms with E-state index in [1.807, 2.05) is 26.0 Å². The summed E-state index contributed by atoms with van der Waals surface area (Å²) in [6.45, 7) is 3.84. The van der Waals surface area contributed by atoms with E-state index in [0.29, 0.717) is 12.6 Å². The molecule has 154 valence electrons. The predicted molar refractivity (Wildman–Crippen MR) is 130 cm³/mol. The molecule has 6 nitrogen and oxygen atoms in total. The molecule has 1 unspecified atom stereocenters. The number of nitrogens with zero attached hydrogens (tertiary/aromatic N) is 4. The van der Waals surface area contributed by atoms with E-state index < -0.39 is 0 Å². The van der Waals surface area contributed by atoms with Crippen molar-refractivity contribution in [3.63, 3.8) is 0 Å². The molecule has 1 atom stereocenters. The molecule has 28 heavy (non-hydrogen) atoms. The van der Waals surface area contributed by atoms with Gasteiger partial charge in [0.15, 0.2) is 11.1 Å². The van der Waals surface area contributed by atoms with Crippen LogP contribution in [0, 0.1) is 0 Å². The second-order valence-electron chi connectivity index (χ2n) is 6.99. The third-order valence-electron chi connectivity index (χ3n) is 4.81. The lowest BCUT2D eigenvalue weighted by molar-refractivity contribution is 0.245. The smallest absolute Gasteiger partial charge is 0.191 e. The number of likely N-dealkylation sites (tertiary alicyclic amines) is 1. The molecule has 8 heteroatoms. The summed E-state index contributed by atoms with van der Waals surface area (Å²) in [7, 11) is 5.84. The lowest BCUT2D eigenvalue weighted by atomic mass is 10.1. The maximum atomic E-state index is 4.61. The van der Waals surface area contributed by atoms with Gasteiger partial charge in [-0.25, -0.2) is 4.98 Å². The Balaban J connectivity index is 0.00000280. The lowest BCUT2D eigenvalue weighted by Crippen LogP contribution is -2.42. The molecule has 1 aliphatic rings. The zero-order chi connectivity index (χ0) is 19.1. The molecule has 2 N–H and O–H groups in total. The minimum Gasteiger partial charge on any atom is -0.354 e. The number of hydrogen-bond donors (Lipinski definition) is 2. The van der Waals surface area contributed by atoms with E-state index >= 15 is 0 Å². The van der Waals surface area contributed by atoms with Crippen LogP contribution in [0.4, 0.5) is 5.13 Å². The first-order valence-electron chi connectivity index (χ1n) is 9.52. The van der Waals surface area contributed by atoms with Gasteiger partial charge >= 0.3 is 0 Å². The van der Waals surface area contributed by atoms with Crippen LogP contribution >= 0.6 is 35.3 Å². The van der Waals surface area contributed by atoms with Crippen LogP contribution in [0.2, 0.25) is 0 Å². The number of rotatable bonds is 7. The molecule has 3 rings (SSSR count). The Labute approximate surface area is 189 Å². The normalized spacial score (nSPS) is 15.8. The van der Waals surface area contributed by atoms with Crippen LogP contribution < -0.4 is 15.5 Å². The average Bonchev–Trinajstić information content (AvgIpc) is 3.37. The van der Waals surface area contributed by atoms with Crippen LogP contribution in [-0.2, 0) is 6.54 Å². The van der Waals surface area contributed by atoms with Gasteiger partial charge in [-0.2, -0.15) is 0 Å². The van der Waals surface area contributed by atoms with E-state index in [-0.39, 0.29) is 24.0 Å². The fourth-order valence-electron chi connectivity index (χ4n) is 3.36. The van der Waals surface area contributed by atoms with Gasteiger partial charge in [-0.05, 0) is 31.5 Å². The molecule has 0 aliphatic carbocycles. The van der Waals surface area contributed by atoms with Gasteiger partial charge in [0, 0.05) is 33.1 Å². The summed E-state index contributed by atoms with van der Waals surface area (Å²) in [6, 6.07) is 11.1. The van der Waals surface area contributed by atoms with Crippen LogP contribution in [0.15, 0.2) is 40.7 Å². The summed E-state index contributed by atoms with van der Waals surface area (Å²) in [4.78, 5) is 13.6. The fraction of sp³-hybridized carbons (Fsp3) is 0.500. The number of thiazole rings is 1. The number of hydrogen-bond acceptors (Lipinski definition) is 5. The molecule has 1 aromatic carbocycles. The highest BCUT2D eigenvalue weighted by Gasteiger charge is 2.23. The van der Waals surface area contributed by atoms with Crippen molar-refractivity contribution in [3.8, 4) is 0 Å². The first kappa shape index (κ1) is 22.9. The van der Waals surface area contributed by atoms with Crippen LogP contribution in [0.5, 0.6) is 0 Å². The summed E-state index contributed by atoms with van der Waals surface area (Å²) in [5.74, 6) is 0.814. The highest BCUT2D eigenvalue weighted by molar-refractivity contribution is 14.0. The molecule has 1 fully saturated rings. The summed E-state index contributed by atoms with van der Waals surface area (Å²) >= 11 is 1.66. The molecule has 0 amide bonds. The summed E-state index contributed by atoms with van der Waals surface area (Å²) < 4.78 is 0. The fourth-order valence-corrected chi connectivity index (χ4v) is 4.12. The Bertz CT molecular complexity index is 727. The van der Waals surface area contributed by atoms with Crippen molar-refractivity contribution in [3.05, 3.63) is 47.0 Å². The maximum Gasteiger partial charge on any atom is 0.191 e. The molecule has 2 heterocycles. The SMILES string of the molecule is CN=C(NCc1csc(N(C)C)n1)NCC(c1ccccc1)N1CCCC1.I. The van der Waals surface area contributed by atoms with Gasteiger partial charge in [0.2, 0.25) is 0 Å². The molecular weight excluding hydrogens is 483 g/mol. The monoisotopic (exact) mass is 514 g/mol. The molecule has 2 aromatic rings. The molecule has 0 spiro atoms. The zero-order valence-electron chi connectivity index (χ0n) is 16.9. The van der Waals surface area contributed by atoms with Crippen molar-refractivity contribution in [1.82, 2.24) is 20.5 Å². The number of aromatic nitrogens is 1. The van der Waals surface area contributed by atoms with Crippen molar-refractivity contribution in [1.29, 1.82) is 0 Å². The van der Waals surface area contributed by atoms with E-state index in [2.05, 4.69) is 61.2 Å². The number of benzene rings is 1. The molecule has 1 aliphatic heterocycles. The van der Waals surface area contributed by atoms with Gasteiger partial charge in [-0.1, -0.05) is 30.3 Å². The van der Waals surface area contributed by atoms with Crippen LogP contribution in [0.25, 0.3) is 0 Å². The number of aliphatic imine (C=N–C) groups is 1. The van der Waals surface area contributed by atoms with E-state index in [4.69, 9.17) is 0 Å². The van der Waals surface area contributed by atoms with Crippen molar-refractivity contribution in [2.24, 2.45) is 4.99 Å². The zero-order valence-corrected chi connectivity index (χ0v) is 20.0. The van der Waals surface area contributed by atoms with E-state index in [0.717, 1.165) is 23.3 Å². The van der Waals surface area contributed by atoms with Gasteiger partial charge in [0.05, 0.1) is 18.3 Å². The standard InChI is InChI=1S/C20H30N6S.HI/c1-21-19(22-13-17-15-27-20(24-17)25(2)3)23-14-18(26-11-7-8-12-26)16-9-5-4-6-10-16;/h4-6,9-10,15,18H,7-8,11-14H2,1-3H3,(H2,21,22,23);1H. The minimum absolute atomic E-state index is 0. The molecule has 1 aromatic heterocycles. The largest absolute Gasteiger partial charge is 0.354 e. The van der Waals surface area contributed by atoms with Crippen LogP contribution in [0.1, 0.15) is 30.1 Å². The van der Waals surface area contributed by atoms with E-state index in [1.54, 1.807) is 11.3 Å². The minimum atomic E-state index is 0. The Morgan fingerprint density at radius 1 is 1.21 bits per heavy atom. The highest BCUT2D eigenvalue weighted by Crippen LogP contribution is 2.24. The Kier molecular flexibility index (Phi) is 9.46. The molecule has 0 saturated carbocycles. The first-order chi connectivity index (χ1) is 13.2. The van der Waals surface area contributed by atoms with Gasteiger partial charge in [-0.15, -0.1) is 35.3 Å². The second-order valence-corrected chi connectivity index (χ2v) is 7.83. The maximum absolute atomic E-state index is 4.61. The number of guanidine groups is 1. The summed E-state index contributed by atoms with van der Waals surface area (Å²) in [6.07, 6.45) is 2.57. The van der Waals surface area contributed by atoms with Gasteiger partial charge < -0.3 is 15.5 Å². The van der Waals surface area contributed by atoms with Crippen LogP contribution in [-0.4, -0.2) is 56.6 Å². The van der Waals surface area contributed by atoms with Crippen LogP contribution in [0.3, 0.4) is 0 Å². The topological polar surface area (TPSA) is 55.8 Å². The number of anilines is 1. The van der Waals surface area contributed by atoms with Crippen molar-refractivity contribution in [2.75, 3.05) is 45.7 Å². The number of nitrogens with one attached hydrogen (secondary N) is 2. The number of halogens is 1. The molecule has 1 saturated heterocycles. The quantitative estimate of drug-likeness (QED) is 0.338. The van der Waals surface area contributed by atoms with Gasteiger partial charge in [-0.3, -0.25) is 9.89 Å². The summed E-state index contributed by atoms with van der Waals surface area (Å²) in [5, 5.41) is 10.00. The van der Waals surface area contributed by atoms with Crippen molar-refractivity contribution >= 4 is 46.4 Å². The Hall–Kier alpha value is -1.39.